The molecule has 2 aromatic heterocycles. The van der Waals surface area contributed by atoms with Gasteiger partial charge in [0.25, 0.3) is 5.91 Å². The van der Waals surface area contributed by atoms with Crippen LogP contribution < -0.4 is 10.6 Å². The van der Waals surface area contributed by atoms with Gasteiger partial charge in [-0.3, -0.25) is 9.59 Å². The highest BCUT2D eigenvalue weighted by atomic mass is 16.6. The Morgan fingerprint density at radius 3 is 2.56 bits per heavy atom. The molecule has 2 bridgehead atoms. The van der Waals surface area contributed by atoms with Crippen molar-refractivity contribution in [1.29, 1.82) is 0 Å². The molecule has 0 spiro atoms. The Kier molecular flexibility index (Phi) is 7.13. The quantitative estimate of drug-likeness (QED) is 0.116. The van der Waals surface area contributed by atoms with Crippen LogP contribution in [0, 0.1) is 0 Å². The van der Waals surface area contributed by atoms with Crippen molar-refractivity contribution in [3.05, 3.63) is 71.8 Å². The number of benzene rings is 3. The van der Waals surface area contributed by atoms with Crippen molar-refractivity contribution in [2.24, 2.45) is 0 Å². The van der Waals surface area contributed by atoms with Crippen molar-refractivity contribution in [2.45, 2.75) is 56.7 Å². The SMILES string of the molecule is CN(C)C/C=C/C(=O)NCCCCCOC(=O)[C@@]1(O)CC2O[C@]1(C)n1c3ccccc3c3c4c(c5c6ccccc6n2c5c31)C(=O)NC4. The summed E-state index contributed by atoms with van der Waals surface area (Å²) in [4.78, 5) is 41.4. The van der Waals surface area contributed by atoms with Crippen molar-refractivity contribution in [2.75, 3.05) is 33.8 Å². The lowest BCUT2D eigenvalue weighted by Gasteiger charge is -2.37. The number of ether oxygens (including phenoxy) is 2. The number of fused-ring (bicyclic) bond motifs is 13. The van der Waals surface area contributed by atoms with E-state index in [1.54, 1.807) is 6.92 Å². The van der Waals surface area contributed by atoms with Gasteiger partial charge in [0.15, 0.2) is 5.72 Å². The van der Waals surface area contributed by atoms with E-state index in [1.807, 2.05) is 78.2 Å². The number of nitrogens with zero attached hydrogens (tertiary/aromatic N) is 3. The van der Waals surface area contributed by atoms with E-state index in [0.29, 0.717) is 31.6 Å². The summed E-state index contributed by atoms with van der Waals surface area (Å²) < 4.78 is 16.7. The molecule has 2 amide bonds. The van der Waals surface area contributed by atoms with Gasteiger partial charge in [0.2, 0.25) is 11.5 Å². The molecular formula is C37H39N5O6. The first-order valence-electron chi connectivity index (χ1n) is 16.6. The molecule has 11 nitrogen and oxygen atoms in total. The number of hydrogen-bond donors (Lipinski definition) is 3. The number of amides is 2. The van der Waals surface area contributed by atoms with E-state index in [9.17, 15) is 19.5 Å². The van der Waals surface area contributed by atoms with E-state index in [1.165, 1.54) is 6.08 Å². The summed E-state index contributed by atoms with van der Waals surface area (Å²) in [6, 6.07) is 15.8. The molecule has 3 atom stereocenters. The molecule has 0 aliphatic carbocycles. The van der Waals surface area contributed by atoms with E-state index >= 15 is 0 Å². The third-order valence-corrected chi connectivity index (χ3v) is 10.3. The van der Waals surface area contributed by atoms with Crippen LogP contribution in [-0.2, 0) is 31.3 Å². The molecule has 3 aliphatic heterocycles. The van der Waals surface area contributed by atoms with Gasteiger partial charge >= 0.3 is 5.97 Å². The fraction of sp³-hybridized carbons (Fsp3) is 0.378. The van der Waals surface area contributed by atoms with Crippen LogP contribution in [-0.4, -0.2) is 76.3 Å². The van der Waals surface area contributed by atoms with Crippen molar-refractivity contribution < 1.29 is 29.0 Å². The van der Waals surface area contributed by atoms with Crippen LogP contribution in [0.15, 0.2) is 60.7 Å². The minimum atomic E-state index is -2.01. The number of rotatable bonds is 10. The maximum atomic E-state index is 14.0. The highest BCUT2D eigenvalue weighted by Gasteiger charge is 2.66. The average Bonchev–Trinajstić information content (AvgIpc) is 3.77. The van der Waals surface area contributed by atoms with Gasteiger partial charge in [0.05, 0.1) is 34.2 Å². The fourth-order valence-electron chi connectivity index (χ4n) is 8.05. The molecular weight excluding hydrogens is 610 g/mol. The molecule has 5 heterocycles. The van der Waals surface area contributed by atoms with E-state index in [4.69, 9.17) is 9.47 Å². The molecule has 3 aromatic carbocycles. The largest absolute Gasteiger partial charge is 0.463 e. The molecule has 11 heteroatoms. The second-order valence-corrected chi connectivity index (χ2v) is 13.5. The second-order valence-electron chi connectivity index (χ2n) is 13.5. The van der Waals surface area contributed by atoms with Crippen LogP contribution in [0.4, 0.5) is 0 Å². The molecule has 0 saturated carbocycles. The minimum absolute atomic E-state index is 0.0276. The number of carbonyl (C=O) groups is 3. The minimum Gasteiger partial charge on any atom is -0.463 e. The second kappa shape index (κ2) is 11.2. The molecule has 0 radical (unpaired) electrons. The summed E-state index contributed by atoms with van der Waals surface area (Å²) in [6.45, 7) is 3.51. The number of carbonyl (C=O) groups excluding carboxylic acids is 3. The molecule has 48 heavy (non-hydrogen) atoms. The molecule has 1 saturated heterocycles. The van der Waals surface area contributed by atoms with Gasteiger partial charge in [-0.2, -0.15) is 0 Å². The molecule has 3 aliphatic rings. The highest BCUT2D eigenvalue weighted by Crippen LogP contribution is 2.57. The maximum Gasteiger partial charge on any atom is 0.343 e. The van der Waals surface area contributed by atoms with Crippen LogP contribution in [0.3, 0.4) is 0 Å². The molecule has 1 unspecified atom stereocenters. The van der Waals surface area contributed by atoms with Crippen molar-refractivity contribution >= 4 is 61.4 Å². The van der Waals surface area contributed by atoms with Crippen LogP contribution >= 0.6 is 0 Å². The lowest BCUT2D eigenvalue weighted by molar-refractivity contribution is -0.204. The first-order chi connectivity index (χ1) is 23.2. The first-order valence-corrected chi connectivity index (χ1v) is 16.6. The van der Waals surface area contributed by atoms with E-state index in [2.05, 4.69) is 15.2 Å². The zero-order chi connectivity index (χ0) is 33.4. The predicted molar refractivity (Wildman–Crippen MR) is 182 cm³/mol. The third-order valence-electron chi connectivity index (χ3n) is 10.3. The summed E-state index contributed by atoms with van der Waals surface area (Å²) >= 11 is 0. The van der Waals surface area contributed by atoms with Gasteiger partial charge in [0.1, 0.15) is 6.23 Å². The topological polar surface area (TPSA) is 127 Å². The first kappa shape index (κ1) is 30.6. The Morgan fingerprint density at radius 2 is 1.79 bits per heavy atom. The summed E-state index contributed by atoms with van der Waals surface area (Å²) in [5.74, 6) is -0.963. The smallest absolute Gasteiger partial charge is 0.343 e. The number of unbranched alkanes of at least 4 members (excludes halogenated alkanes) is 2. The Balaban J connectivity index is 1.13. The Labute approximate surface area is 277 Å². The Bertz CT molecular complexity index is 2200. The Hall–Kier alpha value is -4.71. The molecule has 248 valence electrons. The average molecular weight is 650 g/mol. The van der Waals surface area contributed by atoms with E-state index in [-0.39, 0.29) is 24.8 Å². The monoisotopic (exact) mass is 649 g/mol. The number of aliphatic hydroxyl groups is 1. The lowest BCUT2D eigenvalue weighted by Crippen LogP contribution is -2.56. The summed E-state index contributed by atoms with van der Waals surface area (Å²) in [5, 5.41) is 22.1. The number of esters is 1. The van der Waals surface area contributed by atoms with Crippen LogP contribution in [0.1, 0.15) is 54.8 Å². The number of nitrogens with one attached hydrogen (secondary N) is 2. The maximum absolute atomic E-state index is 14.0. The van der Waals surface area contributed by atoms with Crippen molar-refractivity contribution in [3.8, 4) is 0 Å². The van der Waals surface area contributed by atoms with E-state index in [0.717, 1.165) is 62.0 Å². The predicted octanol–water partition coefficient (Wildman–Crippen LogP) is 4.43. The summed E-state index contributed by atoms with van der Waals surface area (Å²) in [6.07, 6.45) is 4.69. The number of likely N-dealkylation sites (N-methyl/N-ethyl adjacent to an activating group) is 1. The van der Waals surface area contributed by atoms with Gasteiger partial charge in [-0.25, -0.2) is 4.79 Å². The van der Waals surface area contributed by atoms with Crippen LogP contribution in [0.5, 0.6) is 0 Å². The number of aromatic nitrogens is 2. The van der Waals surface area contributed by atoms with E-state index < -0.39 is 23.5 Å². The van der Waals surface area contributed by atoms with Gasteiger partial charge in [-0.1, -0.05) is 42.5 Å². The molecule has 1 fully saturated rings. The van der Waals surface area contributed by atoms with Gasteiger partial charge < -0.3 is 39.2 Å². The van der Waals surface area contributed by atoms with Gasteiger partial charge in [-0.05, 0) is 58.0 Å². The van der Waals surface area contributed by atoms with Crippen LogP contribution in [0.2, 0.25) is 0 Å². The Morgan fingerprint density at radius 1 is 1.06 bits per heavy atom. The van der Waals surface area contributed by atoms with Crippen molar-refractivity contribution in [1.82, 2.24) is 24.7 Å². The summed E-state index contributed by atoms with van der Waals surface area (Å²) in [5.41, 5.74) is 1.41. The standard InChI is InChI=1S/C37H39N5O6/c1-36-37(46,35(45)47-19-10-4-9-17-38-27(43)16-11-18-40(2)3)20-28(48-36)41-25-14-7-5-12-22(25)30-31-24(21-39-34(31)44)29-23-13-6-8-15-26(23)42(36)33(29)32(30)41/h5-8,11-16,28,46H,4,9-10,17-21H2,1-3H3,(H,38,43)(H,39,44)/b16-11+/t28?,36-,37-/m0/s1. The van der Waals surface area contributed by atoms with Gasteiger partial charge in [-0.15, -0.1) is 0 Å². The number of para-hydroxylation sites is 2. The zero-order valence-electron chi connectivity index (χ0n) is 27.3. The van der Waals surface area contributed by atoms with Crippen molar-refractivity contribution in [3.63, 3.8) is 0 Å². The normalized spacial score (nSPS) is 22.9. The molecule has 8 rings (SSSR count). The third kappa shape index (κ3) is 4.27. The highest BCUT2D eigenvalue weighted by molar-refractivity contribution is 6.31. The lowest BCUT2D eigenvalue weighted by atomic mass is 9.88. The summed E-state index contributed by atoms with van der Waals surface area (Å²) in [7, 11) is 3.88. The zero-order valence-corrected chi connectivity index (χ0v) is 27.3. The molecule has 3 N–H and O–H groups in total. The van der Waals surface area contributed by atoms with Crippen LogP contribution in [0.25, 0.3) is 43.6 Å². The molecule has 5 aromatic rings. The van der Waals surface area contributed by atoms with Gasteiger partial charge in [0, 0.05) is 53.7 Å². The number of hydrogen-bond acceptors (Lipinski definition) is 7. The fourth-order valence-corrected chi connectivity index (χ4v) is 8.05.